The van der Waals surface area contributed by atoms with Gasteiger partial charge in [-0.1, -0.05) is 83.6 Å². The quantitative estimate of drug-likeness (QED) is 0.164. The third kappa shape index (κ3) is 8.56. The number of rotatable bonds is 7. The Labute approximate surface area is 316 Å². The van der Waals surface area contributed by atoms with E-state index in [1.54, 1.807) is 24.3 Å². The Balaban J connectivity index is 1.17. The lowest BCUT2D eigenvalue weighted by Crippen LogP contribution is -2.57. The molecular weight excluding hydrogens is 775 g/mol. The molecule has 3 heterocycles. The second-order valence-electron chi connectivity index (χ2n) is 13.9. The molecule has 7 rings (SSSR count). The van der Waals surface area contributed by atoms with Crippen LogP contribution in [0.5, 0.6) is 10.9 Å². The monoisotopic (exact) mass is 813 g/mol. The van der Waals surface area contributed by atoms with Crippen LogP contribution >= 0.6 is 27.3 Å². The van der Waals surface area contributed by atoms with Crippen molar-refractivity contribution in [3.8, 4) is 10.9 Å². The number of carbonyl (C=O) groups excluding carboxylic acids is 3. The summed E-state index contributed by atoms with van der Waals surface area (Å²) in [4.78, 5) is 54.2. The Morgan fingerprint density at radius 3 is 2.55 bits per heavy atom. The van der Waals surface area contributed by atoms with Crippen molar-refractivity contribution in [1.29, 1.82) is 0 Å². The zero-order valence-corrected chi connectivity index (χ0v) is 31.1. The molecule has 1 saturated carbocycles. The Hall–Kier alpha value is -4.37. The molecule has 2 aliphatic heterocycles. The number of hydroxylamine groups is 1. The van der Waals surface area contributed by atoms with Crippen molar-refractivity contribution < 1.29 is 37.1 Å². The van der Waals surface area contributed by atoms with E-state index < -0.39 is 53.2 Å². The number of aromatic nitrogens is 1. The lowest BCUT2D eigenvalue weighted by Gasteiger charge is -2.30. The largest absolute Gasteiger partial charge is 0.465 e. The molecule has 53 heavy (non-hydrogen) atoms. The van der Waals surface area contributed by atoms with E-state index in [1.165, 1.54) is 28.4 Å². The molecule has 1 aliphatic carbocycles. The van der Waals surface area contributed by atoms with Crippen molar-refractivity contribution in [2.75, 3.05) is 11.9 Å². The van der Waals surface area contributed by atoms with Crippen LogP contribution in [-0.2, 0) is 20.6 Å². The SMILES string of the molecule is O=C1N[C@]2(C(=O)NOc3ccccc3)C[C@H]2CCCCCCC[C@H](Nc2cccc(C(F)(F)F)c2)C(=O)N2C[C@H](Oc3nc4ccc(Br)cc4s3)C[C@@H]12. The predicted molar refractivity (Wildman–Crippen MR) is 197 cm³/mol. The van der Waals surface area contributed by atoms with Crippen molar-refractivity contribution in [1.82, 2.24) is 20.7 Å². The molecule has 10 nitrogen and oxygen atoms in total. The first-order chi connectivity index (χ1) is 25.5. The van der Waals surface area contributed by atoms with Gasteiger partial charge in [0.2, 0.25) is 11.8 Å². The summed E-state index contributed by atoms with van der Waals surface area (Å²) in [6.07, 6.45) is 0.557. The minimum Gasteiger partial charge on any atom is -0.465 e. The van der Waals surface area contributed by atoms with E-state index in [4.69, 9.17) is 9.57 Å². The molecule has 0 unspecified atom stereocenters. The first-order valence-electron chi connectivity index (χ1n) is 17.8. The second kappa shape index (κ2) is 15.5. The van der Waals surface area contributed by atoms with E-state index in [2.05, 4.69) is 37.0 Å². The van der Waals surface area contributed by atoms with Gasteiger partial charge in [0.1, 0.15) is 23.7 Å². The highest BCUT2D eigenvalue weighted by Gasteiger charge is 2.62. The van der Waals surface area contributed by atoms with Gasteiger partial charge in [-0.2, -0.15) is 18.7 Å². The van der Waals surface area contributed by atoms with Crippen molar-refractivity contribution in [2.45, 2.75) is 87.7 Å². The van der Waals surface area contributed by atoms with Crippen LogP contribution < -0.4 is 25.7 Å². The highest BCUT2D eigenvalue weighted by Crippen LogP contribution is 2.48. The first kappa shape index (κ1) is 37.0. The summed E-state index contributed by atoms with van der Waals surface area (Å²) in [5, 5.41) is 6.47. The molecule has 4 aromatic rings. The number of halogens is 4. The molecule has 3 aliphatic rings. The average molecular weight is 815 g/mol. The minimum absolute atomic E-state index is 0.0387. The Morgan fingerprint density at radius 1 is 0.981 bits per heavy atom. The zero-order chi connectivity index (χ0) is 37.2. The number of nitrogens with one attached hydrogen (secondary N) is 3. The summed E-state index contributed by atoms with van der Waals surface area (Å²) in [5.41, 5.74) is 1.37. The van der Waals surface area contributed by atoms with E-state index in [1.807, 2.05) is 24.3 Å². The van der Waals surface area contributed by atoms with Gasteiger partial charge in [0.05, 0.1) is 22.3 Å². The Bertz CT molecular complexity index is 1970. The average Bonchev–Trinajstić information content (AvgIpc) is 3.44. The number of benzene rings is 3. The van der Waals surface area contributed by atoms with Gasteiger partial charge in [-0.25, -0.2) is 4.98 Å². The van der Waals surface area contributed by atoms with E-state index in [-0.39, 0.29) is 24.6 Å². The molecule has 3 fully saturated rings. The summed E-state index contributed by atoms with van der Waals surface area (Å²) in [7, 11) is 0. The molecule has 0 radical (unpaired) electrons. The number of hydrogen-bond donors (Lipinski definition) is 3. The van der Waals surface area contributed by atoms with Gasteiger partial charge in [-0.15, -0.1) is 0 Å². The lowest BCUT2D eigenvalue weighted by molar-refractivity contribution is -0.141. The topological polar surface area (TPSA) is 122 Å². The fourth-order valence-corrected chi connectivity index (χ4v) is 8.75. The summed E-state index contributed by atoms with van der Waals surface area (Å²) in [6, 6.07) is 17.3. The van der Waals surface area contributed by atoms with Crippen LogP contribution in [-0.4, -0.2) is 57.9 Å². The molecule has 3 N–H and O–H groups in total. The number of hydrogen-bond acceptors (Lipinski definition) is 8. The van der Waals surface area contributed by atoms with Crippen molar-refractivity contribution in [3.05, 3.63) is 82.8 Å². The number of fused-ring (bicyclic) bond motifs is 3. The van der Waals surface area contributed by atoms with Crippen molar-refractivity contribution in [2.24, 2.45) is 5.92 Å². The number of carbonyl (C=O) groups is 3. The molecule has 280 valence electrons. The van der Waals surface area contributed by atoms with Crippen LogP contribution in [0.3, 0.4) is 0 Å². The third-order valence-electron chi connectivity index (χ3n) is 10.2. The van der Waals surface area contributed by atoms with Crippen LogP contribution in [0.1, 0.15) is 63.4 Å². The van der Waals surface area contributed by atoms with Gasteiger partial charge in [0, 0.05) is 16.6 Å². The standard InChI is InChI=1S/C38H39BrF3N5O5S/c39-25-16-17-29-32(19-25)53-36(44-29)51-28-20-31-33(48)45-37(35(50)46-52-27-13-6-4-7-14-27)21-24(37)10-5-2-1-3-8-15-30(34(49)47(31)22-28)43-26-12-9-11-23(18-26)38(40,41)42/h4,6-7,9,11-14,16-19,24,28,30-31,43H,1-3,5,8,10,15,20-22H2,(H,45,48)(H,46,50)/t24-,28-,30+,31+,37-/m1/s1. The first-order valence-corrected chi connectivity index (χ1v) is 19.4. The van der Waals surface area contributed by atoms with Crippen LogP contribution in [0.15, 0.2) is 77.3 Å². The molecule has 5 atom stereocenters. The van der Waals surface area contributed by atoms with Gasteiger partial charge in [-0.3, -0.25) is 14.4 Å². The molecule has 2 saturated heterocycles. The van der Waals surface area contributed by atoms with Gasteiger partial charge < -0.3 is 25.1 Å². The number of para-hydroxylation sites is 1. The molecule has 3 amide bonds. The highest BCUT2D eigenvalue weighted by atomic mass is 79.9. The molecule has 1 aromatic heterocycles. The molecular formula is C38H39BrF3N5O5S. The van der Waals surface area contributed by atoms with E-state index in [9.17, 15) is 27.6 Å². The minimum atomic E-state index is -4.56. The third-order valence-corrected chi connectivity index (χ3v) is 11.6. The molecule has 0 spiro atoms. The smallest absolute Gasteiger partial charge is 0.416 e. The van der Waals surface area contributed by atoms with Gasteiger partial charge in [-0.05, 0) is 73.7 Å². The number of nitrogens with zero attached hydrogens (tertiary/aromatic N) is 2. The maximum Gasteiger partial charge on any atom is 0.416 e. The van der Waals surface area contributed by atoms with Gasteiger partial charge >= 0.3 is 6.18 Å². The summed E-state index contributed by atoms with van der Waals surface area (Å²) in [5.74, 6) is -1.10. The highest BCUT2D eigenvalue weighted by molar-refractivity contribution is 9.10. The molecule has 0 bridgehead atoms. The number of alkyl halides is 3. The molecule has 15 heteroatoms. The zero-order valence-electron chi connectivity index (χ0n) is 28.7. The maximum atomic E-state index is 14.5. The second-order valence-corrected chi connectivity index (χ2v) is 15.8. The summed E-state index contributed by atoms with van der Waals surface area (Å²) < 4.78 is 48.9. The van der Waals surface area contributed by atoms with Crippen LogP contribution in [0, 0.1) is 5.92 Å². The number of thiazole rings is 1. The number of amides is 3. The van der Waals surface area contributed by atoms with Crippen molar-refractivity contribution >= 4 is 60.9 Å². The molecule has 3 aromatic carbocycles. The maximum absolute atomic E-state index is 14.5. The van der Waals surface area contributed by atoms with E-state index in [0.29, 0.717) is 30.2 Å². The normalized spacial score (nSPS) is 25.3. The lowest BCUT2D eigenvalue weighted by atomic mass is 10.0. The van der Waals surface area contributed by atoms with Crippen LogP contribution in [0.2, 0.25) is 0 Å². The van der Waals surface area contributed by atoms with E-state index >= 15 is 0 Å². The summed E-state index contributed by atoms with van der Waals surface area (Å²) >= 11 is 4.82. The van der Waals surface area contributed by atoms with E-state index in [0.717, 1.165) is 58.9 Å². The summed E-state index contributed by atoms with van der Waals surface area (Å²) in [6.45, 7) is 0.0387. The fraction of sp³-hybridized carbons (Fsp3) is 0.421. The van der Waals surface area contributed by atoms with Crippen molar-refractivity contribution in [3.63, 3.8) is 0 Å². The number of ether oxygens (including phenoxy) is 1. The Morgan fingerprint density at radius 2 is 1.75 bits per heavy atom. The van der Waals surface area contributed by atoms with Crippen LogP contribution in [0.4, 0.5) is 18.9 Å². The van der Waals surface area contributed by atoms with Gasteiger partial charge in [0.25, 0.3) is 11.1 Å². The van der Waals surface area contributed by atoms with Crippen LogP contribution in [0.25, 0.3) is 10.2 Å². The predicted octanol–water partition coefficient (Wildman–Crippen LogP) is 7.64. The fourth-order valence-electron chi connectivity index (χ4n) is 7.31. The van der Waals surface area contributed by atoms with Gasteiger partial charge in [0.15, 0.2) is 5.75 Å². The Kier molecular flexibility index (Phi) is 10.8. The number of anilines is 1.